The zero-order valence-corrected chi connectivity index (χ0v) is 15.8. The zero-order chi connectivity index (χ0) is 17.8. The number of urea groups is 1. The van der Waals surface area contributed by atoms with Gasteiger partial charge >= 0.3 is 6.03 Å². The minimum Gasteiger partial charge on any atom is -0.490 e. The number of hydrogen-bond donors (Lipinski definition) is 2. The average Bonchev–Trinajstić information content (AvgIpc) is 2.81. The van der Waals surface area contributed by atoms with E-state index in [9.17, 15) is 9.59 Å². The first-order valence-corrected chi connectivity index (χ1v) is 9.33. The highest BCUT2D eigenvalue weighted by Crippen LogP contribution is 2.46. The van der Waals surface area contributed by atoms with Crippen LogP contribution in [0.15, 0.2) is 22.7 Å². The summed E-state index contributed by atoms with van der Waals surface area (Å²) in [6.45, 7) is 4.83. The van der Waals surface area contributed by atoms with Gasteiger partial charge in [-0.25, -0.2) is 4.79 Å². The van der Waals surface area contributed by atoms with Crippen molar-refractivity contribution >= 4 is 27.9 Å². The van der Waals surface area contributed by atoms with Crippen molar-refractivity contribution in [3.8, 4) is 5.75 Å². The van der Waals surface area contributed by atoms with Gasteiger partial charge in [-0.2, -0.15) is 0 Å². The van der Waals surface area contributed by atoms with E-state index in [1.807, 2.05) is 18.2 Å². The van der Waals surface area contributed by atoms with Crippen molar-refractivity contribution in [2.24, 2.45) is 5.92 Å². The van der Waals surface area contributed by atoms with Crippen LogP contribution >= 0.6 is 15.9 Å². The monoisotopic (exact) mass is 408 g/mol. The van der Waals surface area contributed by atoms with Crippen molar-refractivity contribution in [3.63, 3.8) is 0 Å². The van der Waals surface area contributed by atoms with Crippen molar-refractivity contribution in [1.82, 2.24) is 10.6 Å². The molecule has 1 aromatic rings. The molecular formula is C18H21BrN2O4. The van der Waals surface area contributed by atoms with E-state index in [4.69, 9.17) is 9.47 Å². The van der Waals surface area contributed by atoms with Gasteiger partial charge in [-0.05, 0) is 44.9 Å². The number of amides is 3. The molecule has 2 N–H and O–H groups in total. The van der Waals surface area contributed by atoms with Gasteiger partial charge in [-0.1, -0.05) is 15.9 Å². The lowest BCUT2D eigenvalue weighted by molar-refractivity contribution is -0.128. The second-order valence-corrected chi connectivity index (χ2v) is 8.59. The summed E-state index contributed by atoms with van der Waals surface area (Å²) in [4.78, 5) is 24.6. The standard InChI is InChI=1S/C18H21BrN2O4/c1-17(2)8-10(5-6-24-17)14-9-18(15(22)20-16(23)21-18)12-7-11(19)3-4-13(12)25-14/h3-4,7,10,14H,5-6,8-9H2,1-2H3,(H2,20,21,22,23). The Labute approximate surface area is 154 Å². The summed E-state index contributed by atoms with van der Waals surface area (Å²) in [5, 5.41) is 5.25. The second-order valence-electron chi connectivity index (χ2n) is 7.68. The maximum Gasteiger partial charge on any atom is 0.322 e. The van der Waals surface area contributed by atoms with Gasteiger partial charge in [-0.15, -0.1) is 0 Å². The van der Waals surface area contributed by atoms with Gasteiger partial charge < -0.3 is 14.8 Å². The molecule has 2 fully saturated rings. The van der Waals surface area contributed by atoms with Crippen molar-refractivity contribution < 1.29 is 19.1 Å². The van der Waals surface area contributed by atoms with Crippen LogP contribution < -0.4 is 15.4 Å². The molecule has 1 aromatic carbocycles. The number of ether oxygens (including phenoxy) is 2. The number of imide groups is 1. The molecule has 0 aromatic heterocycles. The molecule has 4 rings (SSSR count). The third-order valence-electron chi connectivity index (χ3n) is 5.39. The molecule has 0 aliphatic carbocycles. The summed E-state index contributed by atoms with van der Waals surface area (Å²) < 4.78 is 12.9. The van der Waals surface area contributed by atoms with E-state index in [0.717, 1.165) is 17.3 Å². The predicted molar refractivity (Wildman–Crippen MR) is 94.3 cm³/mol. The molecular weight excluding hydrogens is 388 g/mol. The lowest BCUT2D eigenvalue weighted by Gasteiger charge is -2.44. The molecule has 3 aliphatic rings. The third-order valence-corrected chi connectivity index (χ3v) is 5.88. The minimum absolute atomic E-state index is 0.152. The number of fused-ring (bicyclic) bond motifs is 2. The number of hydrogen-bond acceptors (Lipinski definition) is 4. The van der Waals surface area contributed by atoms with Crippen molar-refractivity contribution in [3.05, 3.63) is 28.2 Å². The Balaban J connectivity index is 1.73. The lowest BCUT2D eigenvalue weighted by Crippen LogP contribution is -2.53. The number of halogens is 1. The molecule has 3 unspecified atom stereocenters. The van der Waals surface area contributed by atoms with Gasteiger partial charge in [0, 0.05) is 29.0 Å². The maximum atomic E-state index is 12.7. The van der Waals surface area contributed by atoms with E-state index < -0.39 is 11.6 Å². The Bertz CT molecular complexity index is 751. The first-order chi connectivity index (χ1) is 11.8. The minimum atomic E-state index is -1.07. The molecule has 2 saturated heterocycles. The van der Waals surface area contributed by atoms with Gasteiger partial charge in [0.15, 0.2) is 5.54 Å². The van der Waals surface area contributed by atoms with Gasteiger partial charge in [0.05, 0.1) is 5.60 Å². The van der Waals surface area contributed by atoms with Crippen molar-refractivity contribution in [1.29, 1.82) is 0 Å². The molecule has 3 heterocycles. The molecule has 25 heavy (non-hydrogen) atoms. The number of benzene rings is 1. The molecule has 3 aliphatic heterocycles. The van der Waals surface area contributed by atoms with Crippen molar-refractivity contribution in [2.45, 2.75) is 50.4 Å². The summed E-state index contributed by atoms with van der Waals surface area (Å²) in [7, 11) is 0. The fourth-order valence-electron chi connectivity index (χ4n) is 4.24. The van der Waals surface area contributed by atoms with Crippen LogP contribution in [0.25, 0.3) is 0 Å². The summed E-state index contributed by atoms with van der Waals surface area (Å²) in [6.07, 6.45) is 2.01. The molecule has 0 radical (unpaired) electrons. The molecule has 0 bridgehead atoms. The Morgan fingerprint density at radius 2 is 2.04 bits per heavy atom. The normalized spacial score (nSPS) is 33.4. The van der Waals surface area contributed by atoms with Gasteiger partial charge in [0.2, 0.25) is 0 Å². The van der Waals surface area contributed by atoms with Crippen LogP contribution in [0.1, 0.15) is 38.7 Å². The maximum absolute atomic E-state index is 12.7. The van der Waals surface area contributed by atoms with Crippen LogP contribution in [-0.4, -0.2) is 30.3 Å². The lowest BCUT2D eigenvalue weighted by atomic mass is 9.75. The zero-order valence-electron chi connectivity index (χ0n) is 14.2. The van der Waals surface area contributed by atoms with E-state index in [1.54, 1.807) is 0 Å². The second kappa shape index (κ2) is 5.71. The summed E-state index contributed by atoms with van der Waals surface area (Å²) in [5.41, 5.74) is -0.574. The number of carbonyl (C=O) groups is 2. The number of rotatable bonds is 1. The summed E-state index contributed by atoms with van der Waals surface area (Å²) in [6, 6.07) is 5.14. The molecule has 134 valence electrons. The van der Waals surface area contributed by atoms with Crippen LogP contribution in [0.5, 0.6) is 5.75 Å². The van der Waals surface area contributed by atoms with Gasteiger partial charge in [0.1, 0.15) is 11.9 Å². The molecule has 7 heteroatoms. The van der Waals surface area contributed by atoms with E-state index in [-0.39, 0.29) is 23.5 Å². The summed E-state index contributed by atoms with van der Waals surface area (Å²) in [5.74, 6) is 0.611. The van der Waals surface area contributed by atoms with Gasteiger partial charge in [0.25, 0.3) is 5.91 Å². The van der Waals surface area contributed by atoms with Crippen molar-refractivity contribution in [2.75, 3.05) is 6.61 Å². The fraction of sp³-hybridized carbons (Fsp3) is 0.556. The van der Waals surface area contributed by atoms with Crippen LogP contribution in [-0.2, 0) is 15.1 Å². The Morgan fingerprint density at radius 1 is 1.24 bits per heavy atom. The molecule has 1 spiro atoms. The first-order valence-electron chi connectivity index (χ1n) is 8.53. The SMILES string of the molecule is CC1(C)CC(C2CC3(NC(=O)NC3=O)c3cc(Br)ccc3O2)CCO1. The Kier molecular flexibility index (Phi) is 3.85. The van der Waals surface area contributed by atoms with Crippen LogP contribution in [0.2, 0.25) is 0 Å². The highest BCUT2D eigenvalue weighted by Gasteiger charge is 2.54. The van der Waals surface area contributed by atoms with Crippen LogP contribution in [0.4, 0.5) is 4.79 Å². The molecule has 6 nitrogen and oxygen atoms in total. The average molecular weight is 409 g/mol. The largest absolute Gasteiger partial charge is 0.490 e. The van der Waals surface area contributed by atoms with Gasteiger partial charge in [-0.3, -0.25) is 10.1 Å². The highest BCUT2D eigenvalue weighted by atomic mass is 79.9. The highest BCUT2D eigenvalue weighted by molar-refractivity contribution is 9.10. The smallest absolute Gasteiger partial charge is 0.322 e. The third kappa shape index (κ3) is 2.83. The van der Waals surface area contributed by atoms with Crippen LogP contribution in [0.3, 0.4) is 0 Å². The molecule has 3 amide bonds. The van der Waals surface area contributed by atoms with E-state index in [2.05, 4.69) is 40.4 Å². The topological polar surface area (TPSA) is 76.7 Å². The molecule has 3 atom stereocenters. The molecule has 0 saturated carbocycles. The fourth-order valence-corrected chi connectivity index (χ4v) is 4.60. The van der Waals surface area contributed by atoms with E-state index >= 15 is 0 Å². The number of nitrogens with one attached hydrogen (secondary N) is 2. The number of carbonyl (C=O) groups excluding carboxylic acids is 2. The quantitative estimate of drug-likeness (QED) is 0.700. The predicted octanol–water partition coefficient (Wildman–Crippen LogP) is 2.84. The van der Waals surface area contributed by atoms with Crippen LogP contribution in [0, 0.1) is 5.92 Å². The first kappa shape index (κ1) is 16.8. The Morgan fingerprint density at radius 3 is 2.72 bits per heavy atom. The van der Waals surface area contributed by atoms with E-state index in [1.165, 1.54) is 0 Å². The summed E-state index contributed by atoms with van der Waals surface area (Å²) >= 11 is 3.45. The Hall–Kier alpha value is -1.60. The van der Waals surface area contributed by atoms with E-state index in [0.29, 0.717) is 24.3 Å².